The van der Waals surface area contributed by atoms with Crippen molar-refractivity contribution >= 4 is 0 Å². The molecule has 31 heavy (non-hydrogen) atoms. The average Bonchev–Trinajstić information content (AvgIpc) is 3.24. The summed E-state index contributed by atoms with van der Waals surface area (Å²) in [4.78, 5) is 2.25. The van der Waals surface area contributed by atoms with E-state index in [1.807, 2.05) is 24.3 Å². The third kappa shape index (κ3) is 3.84. The lowest BCUT2D eigenvalue weighted by Gasteiger charge is -2.45. The smallest absolute Gasteiger partial charge is 0.247 e. The number of hydrogen-bond acceptors (Lipinski definition) is 8. The van der Waals surface area contributed by atoms with Crippen LogP contribution in [0.1, 0.15) is 36.8 Å². The molecule has 3 heterocycles. The summed E-state index contributed by atoms with van der Waals surface area (Å²) in [6, 6.07) is 12.7. The van der Waals surface area contributed by atoms with Crippen LogP contribution in [0.5, 0.6) is 17.2 Å². The molecule has 8 heteroatoms. The zero-order chi connectivity index (χ0) is 21.4. The van der Waals surface area contributed by atoms with Crippen molar-refractivity contribution in [3.8, 4) is 28.7 Å². The number of aromatic nitrogens is 2. The number of aromatic hydroxyl groups is 1. The van der Waals surface area contributed by atoms with Crippen LogP contribution in [0.25, 0.3) is 11.5 Å². The number of phenols is 1. The van der Waals surface area contributed by atoms with Crippen molar-refractivity contribution in [1.82, 2.24) is 15.1 Å². The van der Waals surface area contributed by atoms with Gasteiger partial charge in [-0.05, 0) is 37.1 Å². The molecule has 0 amide bonds. The number of methoxy groups -OCH3 is 1. The Labute approximate surface area is 180 Å². The minimum Gasteiger partial charge on any atom is -0.504 e. The molecule has 8 nitrogen and oxygen atoms in total. The molecule has 1 atom stereocenters. The van der Waals surface area contributed by atoms with Gasteiger partial charge in [-0.3, -0.25) is 4.90 Å². The van der Waals surface area contributed by atoms with Crippen molar-refractivity contribution in [1.29, 1.82) is 0 Å². The highest BCUT2D eigenvalue weighted by molar-refractivity contribution is 5.59. The highest BCUT2D eigenvalue weighted by Crippen LogP contribution is 2.44. The highest BCUT2D eigenvalue weighted by Gasteiger charge is 2.42. The fourth-order valence-corrected chi connectivity index (χ4v) is 4.46. The quantitative estimate of drug-likeness (QED) is 0.659. The Bertz CT molecular complexity index is 1070. The van der Waals surface area contributed by atoms with Crippen LogP contribution in [-0.2, 0) is 6.54 Å². The summed E-state index contributed by atoms with van der Waals surface area (Å²) >= 11 is 0. The maximum absolute atomic E-state index is 10.6. The van der Waals surface area contributed by atoms with Crippen molar-refractivity contribution in [3.63, 3.8) is 0 Å². The summed E-state index contributed by atoms with van der Waals surface area (Å²) in [6.07, 6.45) is 1.77. The largest absolute Gasteiger partial charge is 0.504 e. The van der Waals surface area contributed by atoms with Crippen LogP contribution in [0.4, 0.5) is 0 Å². The third-order valence-electron chi connectivity index (χ3n) is 6.19. The Morgan fingerprint density at radius 3 is 2.74 bits per heavy atom. The first-order valence-electron chi connectivity index (χ1n) is 10.4. The van der Waals surface area contributed by atoms with E-state index in [2.05, 4.69) is 15.1 Å². The summed E-state index contributed by atoms with van der Waals surface area (Å²) in [7, 11) is 1.50. The number of ether oxygens (including phenoxy) is 2. The van der Waals surface area contributed by atoms with Crippen LogP contribution in [0.3, 0.4) is 0 Å². The molecule has 1 fully saturated rings. The molecular formula is C23H25N3O5. The van der Waals surface area contributed by atoms with Gasteiger partial charge in [-0.15, -0.1) is 10.2 Å². The Morgan fingerprint density at radius 1 is 1.16 bits per heavy atom. The number of aliphatic hydroxyl groups is 1. The molecule has 1 aromatic heterocycles. The second-order valence-electron chi connectivity index (χ2n) is 8.21. The molecule has 1 saturated heterocycles. The van der Waals surface area contributed by atoms with Gasteiger partial charge in [-0.25, -0.2) is 0 Å². The molecule has 5 rings (SSSR count). The van der Waals surface area contributed by atoms with E-state index in [-0.39, 0.29) is 11.4 Å². The number of rotatable bonds is 4. The molecular weight excluding hydrogens is 398 g/mol. The number of nitrogens with zero attached hydrogens (tertiary/aromatic N) is 3. The third-order valence-corrected chi connectivity index (χ3v) is 6.19. The summed E-state index contributed by atoms with van der Waals surface area (Å²) in [5, 5.41) is 28.8. The molecule has 1 spiro atoms. The monoisotopic (exact) mass is 423 g/mol. The van der Waals surface area contributed by atoms with Gasteiger partial charge in [0.1, 0.15) is 11.4 Å². The first kappa shape index (κ1) is 19.8. The molecule has 3 aromatic rings. The number of hydrogen-bond donors (Lipinski definition) is 2. The molecule has 2 aliphatic heterocycles. The number of phenolic OH excluding ortho intramolecular Hbond substituents is 1. The molecule has 2 aliphatic rings. The first-order valence-corrected chi connectivity index (χ1v) is 10.4. The van der Waals surface area contributed by atoms with E-state index in [0.29, 0.717) is 36.1 Å². The molecule has 2 N–H and O–H groups in total. The molecule has 0 saturated carbocycles. The van der Waals surface area contributed by atoms with Gasteiger partial charge in [0.25, 0.3) is 0 Å². The summed E-state index contributed by atoms with van der Waals surface area (Å²) in [5.41, 5.74) is 1.18. The summed E-state index contributed by atoms with van der Waals surface area (Å²) in [5.74, 6) is 2.09. The number of fused-ring (bicyclic) bond motifs is 1. The van der Waals surface area contributed by atoms with E-state index >= 15 is 0 Å². The predicted octanol–water partition coefficient (Wildman–Crippen LogP) is 3.30. The van der Waals surface area contributed by atoms with Gasteiger partial charge in [0.05, 0.1) is 19.8 Å². The Morgan fingerprint density at radius 2 is 1.97 bits per heavy atom. The van der Waals surface area contributed by atoms with Crippen molar-refractivity contribution in [2.24, 2.45) is 0 Å². The standard InChI is InChI=1S/C23H25N3O5/c1-29-20-7-6-15(12-17(20)27)22-25-24-21(30-22)14-26-10-8-23(9-11-26)13-18(28)16-4-2-3-5-19(16)31-23/h2-7,12,18,27-28H,8-11,13-14H2,1H3. The van der Waals surface area contributed by atoms with Gasteiger partial charge in [-0.1, -0.05) is 18.2 Å². The zero-order valence-electron chi connectivity index (χ0n) is 17.3. The van der Waals surface area contributed by atoms with Gasteiger partial charge >= 0.3 is 0 Å². The van der Waals surface area contributed by atoms with Gasteiger partial charge in [0, 0.05) is 30.6 Å². The number of piperidine rings is 1. The first-order chi connectivity index (χ1) is 15.0. The van der Waals surface area contributed by atoms with Crippen molar-refractivity contribution in [2.45, 2.75) is 37.5 Å². The van der Waals surface area contributed by atoms with E-state index in [9.17, 15) is 10.2 Å². The highest BCUT2D eigenvalue weighted by atomic mass is 16.5. The number of aliphatic hydroxyl groups excluding tert-OH is 1. The fraction of sp³-hybridized carbons (Fsp3) is 0.391. The predicted molar refractivity (Wildman–Crippen MR) is 112 cm³/mol. The van der Waals surface area contributed by atoms with Gasteiger partial charge in [-0.2, -0.15) is 0 Å². The van der Waals surface area contributed by atoms with Crippen LogP contribution in [0.15, 0.2) is 46.9 Å². The fourth-order valence-electron chi connectivity index (χ4n) is 4.46. The van der Waals surface area contributed by atoms with Crippen LogP contribution >= 0.6 is 0 Å². The van der Waals surface area contributed by atoms with E-state index in [4.69, 9.17) is 13.9 Å². The molecule has 0 aliphatic carbocycles. The van der Waals surface area contributed by atoms with Gasteiger partial charge in [0.2, 0.25) is 11.8 Å². The minimum absolute atomic E-state index is 0.0253. The lowest BCUT2D eigenvalue weighted by atomic mass is 9.81. The Hall–Kier alpha value is -3.10. The van der Waals surface area contributed by atoms with E-state index in [1.165, 1.54) is 7.11 Å². The maximum atomic E-state index is 10.6. The lowest BCUT2D eigenvalue weighted by molar-refractivity contribution is -0.0560. The molecule has 1 unspecified atom stereocenters. The summed E-state index contributed by atoms with van der Waals surface area (Å²) in [6.45, 7) is 2.18. The van der Waals surface area contributed by atoms with Crippen LogP contribution in [0, 0.1) is 0 Å². The molecule has 0 bridgehead atoms. The molecule has 2 aromatic carbocycles. The topological polar surface area (TPSA) is 101 Å². The number of likely N-dealkylation sites (tertiary alicyclic amines) is 1. The minimum atomic E-state index is -0.490. The Balaban J connectivity index is 1.22. The molecule has 162 valence electrons. The van der Waals surface area contributed by atoms with Crippen molar-refractivity contribution < 1.29 is 24.1 Å². The van der Waals surface area contributed by atoms with E-state index in [1.54, 1.807) is 18.2 Å². The Kier molecular flexibility index (Phi) is 5.03. The average molecular weight is 423 g/mol. The maximum Gasteiger partial charge on any atom is 0.247 e. The zero-order valence-corrected chi connectivity index (χ0v) is 17.3. The second kappa shape index (κ2) is 7.86. The van der Waals surface area contributed by atoms with Gasteiger partial charge < -0.3 is 24.1 Å². The molecule has 0 radical (unpaired) electrons. The lowest BCUT2D eigenvalue weighted by Crippen LogP contribution is -2.50. The van der Waals surface area contributed by atoms with E-state index in [0.717, 1.165) is 37.2 Å². The SMILES string of the molecule is COc1ccc(-c2nnc(CN3CCC4(CC3)CC(O)c3ccccc3O4)o2)cc1O. The number of benzene rings is 2. The van der Waals surface area contributed by atoms with Crippen LogP contribution in [-0.4, -0.2) is 51.1 Å². The number of para-hydroxylation sites is 1. The second-order valence-corrected chi connectivity index (χ2v) is 8.21. The van der Waals surface area contributed by atoms with Crippen LogP contribution in [0.2, 0.25) is 0 Å². The van der Waals surface area contributed by atoms with Crippen LogP contribution < -0.4 is 9.47 Å². The van der Waals surface area contributed by atoms with Gasteiger partial charge in [0.15, 0.2) is 11.5 Å². The van der Waals surface area contributed by atoms with Crippen molar-refractivity contribution in [3.05, 3.63) is 53.9 Å². The summed E-state index contributed by atoms with van der Waals surface area (Å²) < 4.78 is 17.2. The van der Waals surface area contributed by atoms with E-state index < -0.39 is 6.10 Å². The normalized spacial score (nSPS) is 20.3. The van der Waals surface area contributed by atoms with Crippen molar-refractivity contribution in [2.75, 3.05) is 20.2 Å².